The molecule has 2 fully saturated rings. The lowest BCUT2D eigenvalue weighted by atomic mass is 9.98. The largest absolute Gasteiger partial charge is 0.491 e. The highest BCUT2D eigenvalue weighted by Crippen LogP contribution is 2.50. The Hall–Kier alpha value is -2.17. The lowest BCUT2D eigenvalue weighted by Crippen LogP contribution is -2.30. The summed E-state index contributed by atoms with van der Waals surface area (Å²) in [5.41, 5.74) is -0.403. The van der Waals surface area contributed by atoms with Crippen molar-refractivity contribution in [1.82, 2.24) is 10.2 Å². The van der Waals surface area contributed by atoms with Crippen molar-refractivity contribution < 1.29 is 32.6 Å². The molecule has 10 heteroatoms. The molecule has 3 amide bonds. The fourth-order valence-corrected chi connectivity index (χ4v) is 5.48. The summed E-state index contributed by atoms with van der Waals surface area (Å²) in [6.45, 7) is 3.57. The monoisotopic (exact) mass is 454 g/mol. The third-order valence-corrected chi connectivity index (χ3v) is 7.15. The van der Waals surface area contributed by atoms with E-state index in [9.17, 15) is 23.1 Å². The minimum atomic E-state index is -3.30. The van der Waals surface area contributed by atoms with Crippen molar-refractivity contribution in [2.75, 3.05) is 38.0 Å². The Balaban J connectivity index is 1.47. The smallest absolute Gasteiger partial charge is 0.326 e. The highest BCUT2D eigenvalue weighted by atomic mass is 32.2. The van der Waals surface area contributed by atoms with Crippen LogP contribution in [0.3, 0.4) is 0 Å². The van der Waals surface area contributed by atoms with Crippen LogP contribution >= 0.6 is 0 Å². The molecule has 1 saturated carbocycles. The molecular formula is C21H30N2O7S. The zero-order chi connectivity index (χ0) is 22.7. The SMILES string of the molecule is CC(C)(O)COc1cccc(C2(CS(=O)(=O)CCCOCN3CC(=O)NC3=O)CC2)c1. The van der Waals surface area contributed by atoms with Gasteiger partial charge in [-0.2, -0.15) is 0 Å². The second-order valence-corrected chi connectivity index (χ2v) is 11.1. The van der Waals surface area contributed by atoms with E-state index in [0.717, 1.165) is 18.4 Å². The molecule has 172 valence electrons. The summed E-state index contributed by atoms with van der Waals surface area (Å²) in [7, 11) is -3.30. The van der Waals surface area contributed by atoms with Crippen LogP contribution in [0.4, 0.5) is 4.79 Å². The first kappa shape index (κ1) is 23.5. The van der Waals surface area contributed by atoms with Gasteiger partial charge < -0.3 is 14.6 Å². The molecule has 0 aromatic heterocycles. The fraction of sp³-hybridized carbons (Fsp3) is 0.619. The molecule has 2 aliphatic rings. The van der Waals surface area contributed by atoms with Gasteiger partial charge in [0.15, 0.2) is 9.84 Å². The summed E-state index contributed by atoms with van der Waals surface area (Å²) in [5.74, 6) is 0.300. The normalized spacial score (nSPS) is 18.2. The van der Waals surface area contributed by atoms with Gasteiger partial charge in [0.1, 0.15) is 25.6 Å². The Labute approximate surface area is 182 Å². The number of imide groups is 1. The molecule has 1 aliphatic carbocycles. The molecule has 31 heavy (non-hydrogen) atoms. The van der Waals surface area contributed by atoms with Crippen LogP contribution < -0.4 is 10.1 Å². The van der Waals surface area contributed by atoms with Crippen molar-refractivity contribution in [2.45, 2.75) is 44.1 Å². The van der Waals surface area contributed by atoms with Crippen LogP contribution in [0.2, 0.25) is 0 Å². The molecule has 0 atom stereocenters. The summed E-state index contributed by atoms with van der Waals surface area (Å²) in [4.78, 5) is 23.8. The van der Waals surface area contributed by atoms with E-state index in [1.54, 1.807) is 19.9 Å². The summed E-state index contributed by atoms with van der Waals surface area (Å²) < 4.78 is 36.3. The van der Waals surface area contributed by atoms with Gasteiger partial charge in [0, 0.05) is 12.0 Å². The van der Waals surface area contributed by atoms with E-state index < -0.39 is 21.5 Å². The van der Waals surface area contributed by atoms with Gasteiger partial charge >= 0.3 is 6.03 Å². The second-order valence-electron chi connectivity index (χ2n) is 8.94. The average Bonchev–Trinajstić information content (AvgIpc) is 3.37. The van der Waals surface area contributed by atoms with Crippen molar-refractivity contribution in [3.63, 3.8) is 0 Å². The molecular weight excluding hydrogens is 424 g/mol. The van der Waals surface area contributed by atoms with Crippen LogP contribution in [0, 0.1) is 0 Å². The van der Waals surface area contributed by atoms with Gasteiger partial charge in [0.25, 0.3) is 0 Å². The number of hydrogen-bond acceptors (Lipinski definition) is 7. The predicted octanol–water partition coefficient (Wildman–Crippen LogP) is 1.20. The number of aliphatic hydroxyl groups is 1. The molecule has 2 N–H and O–H groups in total. The first-order valence-electron chi connectivity index (χ1n) is 10.3. The molecule has 1 heterocycles. The molecule has 0 radical (unpaired) electrons. The number of nitrogens with zero attached hydrogens (tertiary/aromatic N) is 1. The molecule has 3 rings (SSSR count). The number of carbonyl (C=O) groups is 2. The van der Waals surface area contributed by atoms with Crippen molar-refractivity contribution in [3.05, 3.63) is 29.8 Å². The Morgan fingerprint density at radius 1 is 1.26 bits per heavy atom. The number of amides is 3. The van der Waals surface area contributed by atoms with Gasteiger partial charge in [-0.1, -0.05) is 12.1 Å². The molecule has 1 aliphatic heterocycles. The van der Waals surface area contributed by atoms with E-state index in [-0.39, 0.29) is 49.3 Å². The minimum Gasteiger partial charge on any atom is -0.491 e. The molecule has 0 spiro atoms. The standard InChI is InChI=1S/C21H30N2O7S/c1-20(2,26)13-30-17-6-3-5-16(11-17)21(7-8-21)14-31(27,28)10-4-9-29-15-23-12-18(24)22-19(23)25/h3,5-6,11,26H,4,7-10,12-15H2,1-2H3,(H,22,24,25). The van der Waals surface area contributed by atoms with Crippen LogP contribution in [0.5, 0.6) is 5.75 Å². The number of sulfone groups is 1. The maximum absolute atomic E-state index is 12.7. The van der Waals surface area contributed by atoms with Crippen molar-refractivity contribution in [3.8, 4) is 5.75 Å². The van der Waals surface area contributed by atoms with E-state index in [4.69, 9.17) is 9.47 Å². The van der Waals surface area contributed by atoms with Gasteiger partial charge in [0.2, 0.25) is 5.91 Å². The first-order chi connectivity index (χ1) is 14.5. The Morgan fingerprint density at radius 2 is 2.00 bits per heavy atom. The molecule has 0 bridgehead atoms. The van der Waals surface area contributed by atoms with Crippen LogP contribution in [0.1, 0.15) is 38.7 Å². The Kier molecular flexibility index (Phi) is 6.92. The minimum absolute atomic E-state index is 0.00519. The maximum atomic E-state index is 12.7. The Bertz CT molecular complexity index is 920. The van der Waals surface area contributed by atoms with Crippen LogP contribution in [0.15, 0.2) is 24.3 Å². The summed E-state index contributed by atoms with van der Waals surface area (Å²) >= 11 is 0. The van der Waals surface area contributed by atoms with E-state index >= 15 is 0 Å². The molecule has 1 saturated heterocycles. The third-order valence-electron chi connectivity index (χ3n) is 5.25. The zero-order valence-corrected chi connectivity index (χ0v) is 18.7. The third kappa shape index (κ3) is 6.91. The molecule has 1 aromatic carbocycles. The van der Waals surface area contributed by atoms with E-state index in [0.29, 0.717) is 12.2 Å². The average molecular weight is 455 g/mol. The van der Waals surface area contributed by atoms with Crippen molar-refractivity contribution >= 4 is 21.8 Å². The van der Waals surface area contributed by atoms with Crippen LogP contribution in [-0.4, -0.2) is 74.0 Å². The highest BCUT2D eigenvalue weighted by molar-refractivity contribution is 7.91. The van der Waals surface area contributed by atoms with Gasteiger partial charge in [-0.3, -0.25) is 15.0 Å². The van der Waals surface area contributed by atoms with Crippen molar-refractivity contribution in [2.24, 2.45) is 0 Å². The predicted molar refractivity (Wildman–Crippen MR) is 113 cm³/mol. The summed E-state index contributed by atoms with van der Waals surface area (Å²) in [5, 5.41) is 12.0. The quantitative estimate of drug-likeness (QED) is 0.359. The lowest BCUT2D eigenvalue weighted by Gasteiger charge is -2.20. The van der Waals surface area contributed by atoms with E-state index in [1.807, 2.05) is 18.2 Å². The molecule has 9 nitrogen and oxygen atoms in total. The van der Waals surface area contributed by atoms with Gasteiger partial charge in [0.05, 0.1) is 17.1 Å². The second kappa shape index (κ2) is 9.13. The number of benzene rings is 1. The number of hydrogen-bond donors (Lipinski definition) is 2. The lowest BCUT2D eigenvalue weighted by molar-refractivity contribution is -0.118. The summed E-state index contributed by atoms with van der Waals surface area (Å²) in [6, 6.07) is 6.92. The highest BCUT2D eigenvalue weighted by Gasteiger charge is 2.47. The van der Waals surface area contributed by atoms with Crippen LogP contribution in [0.25, 0.3) is 0 Å². The number of urea groups is 1. The zero-order valence-electron chi connectivity index (χ0n) is 17.9. The van der Waals surface area contributed by atoms with Crippen molar-refractivity contribution in [1.29, 1.82) is 0 Å². The first-order valence-corrected chi connectivity index (χ1v) is 12.1. The number of rotatable bonds is 12. The number of carbonyl (C=O) groups excluding carboxylic acids is 2. The molecule has 1 aromatic rings. The molecule has 0 unspecified atom stereocenters. The summed E-state index contributed by atoms with van der Waals surface area (Å²) in [6.07, 6.45) is 1.92. The fourth-order valence-electron chi connectivity index (χ4n) is 3.48. The van der Waals surface area contributed by atoms with E-state index in [2.05, 4.69) is 5.32 Å². The topological polar surface area (TPSA) is 122 Å². The van der Waals surface area contributed by atoms with E-state index in [1.165, 1.54) is 4.90 Å². The maximum Gasteiger partial charge on any atom is 0.326 e. The van der Waals surface area contributed by atoms with Gasteiger partial charge in [-0.25, -0.2) is 13.2 Å². The van der Waals surface area contributed by atoms with Crippen LogP contribution in [-0.2, 0) is 24.8 Å². The number of nitrogens with one attached hydrogen (secondary N) is 1. The Morgan fingerprint density at radius 3 is 2.61 bits per heavy atom. The number of ether oxygens (including phenoxy) is 2. The van der Waals surface area contributed by atoms with Gasteiger partial charge in [-0.05, 0) is 50.8 Å². The van der Waals surface area contributed by atoms with Gasteiger partial charge in [-0.15, -0.1) is 0 Å².